The summed E-state index contributed by atoms with van der Waals surface area (Å²) < 4.78 is 29.3. The van der Waals surface area contributed by atoms with Crippen LogP contribution in [0.3, 0.4) is 0 Å². The number of benzene rings is 1. The highest BCUT2D eigenvalue weighted by Crippen LogP contribution is 2.36. The Morgan fingerprint density at radius 2 is 2.12 bits per heavy atom. The van der Waals surface area contributed by atoms with Gasteiger partial charge in [-0.2, -0.15) is 5.10 Å². The molecular formula is C18H14F2N4. The topological polar surface area (TPSA) is 33.4 Å². The van der Waals surface area contributed by atoms with Gasteiger partial charge in [0.2, 0.25) is 0 Å². The van der Waals surface area contributed by atoms with Crippen LogP contribution in [0.5, 0.6) is 0 Å². The lowest BCUT2D eigenvalue weighted by Gasteiger charge is -2.26. The van der Waals surface area contributed by atoms with E-state index < -0.39 is 11.6 Å². The summed E-state index contributed by atoms with van der Waals surface area (Å²) in [4.78, 5) is 6.57. The number of fused-ring (bicyclic) bond motifs is 1. The van der Waals surface area contributed by atoms with Gasteiger partial charge in [0.05, 0.1) is 17.8 Å². The van der Waals surface area contributed by atoms with Crippen molar-refractivity contribution in [1.82, 2.24) is 14.6 Å². The van der Waals surface area contributed by atoms with Gasteiger partial charge in [0.1, 0.15) is 17.5 Å². The zero-order valence-corrected chi connectivity index (χ0v) is 12.8. The molecule has 4 nitrogen and oxygen atoms in total. The van der Waals surface area contributed by atoms with Crippen molar-refractivity contribution in [1.29, 1.82) is 0 Å². The maximum Gasteiger partial charge on any atom is 0.172 e. The summed E-state index contributed by atoms with van der Waals surface area (Å²) in [5.41, 5.74) is 1.55. The first-order valence-electron chi connectivity index (χ1n) is 7.70. The van der Waals surface area contributed by atoms with Gasteiger partial charge in [0, 0.05) is 18.3 Å². The molecule has 6 heteroatoms. The Morgan fingerprint density at radius 1 is 1.25 bits per heavy atom. The SMILES string of the molecule is C#Cc1cnn2ccc(N3CCC[C@@H]3c3cc(F)ccc3F)nc12. The Morgan fingerprint density at radius 3 is 2.96 bits per heavy atom. The molecule has 1 aliphatic rings. The summed E-state index contributed by atoms with van der Waals surface area (Å²) in [6.07, 6.45) is 10.5. The van der Waals surface area contributed by atoms with Gasteiger partial charge in [0.15, 0.2) is 5.65 Å². The van der Waals surface area contributed by atoms with Gasteiger partial charge in [-0.3, -0.25) is 0 Å². The van der Waals surface area contributed by atoms with Gasteiger partial charge in [-0.15, -0.1) is 6.42 Å². The van der Waals surface area contributed by atoms with Crippen LogP contribution in [0.15, 0.2) is 36.7 Å². The summed E-state index contributed by atoms with van der Waals surface area (Å²) in [5.74, 6) is 2.40. The molecule has 1 aromatic carbocycles. The first kappa shape index (κ1) is 14.6. The number of hydrogen-bond donors (Lipinski definition) is 0. The Hall–Kier alpha value is -2.94. The second kappa shape index (κ2) is 5.60. The van der Waals surface area contributed by atoms with E-state index in [9.17, 15) is 8.78 Å². The normalized spacial score (nSPS) is 17.4. The predicted molar refractivity (Wildman–Crippen MR) is 86.6 cm³/mol. The lowest BCUT2D eigenvalue weighted by molar-refractivity contribution is 0.560. The van der Waals surface area contributed by atoms with Crippen LogP contribution in [0.25, 0.3) is 5.65 Å². The third-order valence-corrected chi connectivity index (χ3v) is 4.37. The van der Waals surface area contributed by atoms with Crippen molar-refractivity contribution < 1.29 is 8.78 Å². The maximum atomic E-state index is 14.2. The minimum Gasteiger partial charge on any atom is -0.349 e. The molecule has 0 N–H and O–H groups in total. The van der Waals surface area contributed by atoms with Crippen molar-refractivity contribution in [2.75, 3.05) is 11.4 Å². The highest BCUT2D eigenvalue weighted by Gasteiger charge is 2.29. The van der Waals surface area contributed by atoms with E-state index in [1.54, 1.807) is 16.9 Å². The Labute approximate surface area is 137 Å². The summed E-state index contributed by atoms with van der Waals surface area (Å²) >= 11 is 0. The zero-order chi connectivity index (χ0) is 16.7. The summed E-state index contributed by atoms with van der Waals surface area (Å²) in [7, 11) is 0. The minimum absolute atomic E-state index is 0.243. The molecule has 3 heterocycles. The molecule has 0 radical (unpaired) electrons. The summed E-state index contributed by atoms with van der Waals surface area (Å²) in [6.45, 7) is 0.726. The van der Waals surface area contributed by atoms with E-state index in [0.717, 1.165) is 25.5 Å². The van der Waals surface area contributed by atoms with Crippen LogP contribution in [0, 0.1) is 24.0 Å². The second-order valence-electron chi connectivity index (χ2n) is 5.77. The minimum atomic E-state index is -0.438. The van der Waals surface area contributed by atoms with Gasteiger partial charge in [-0.25, -0.2) is 18.3 Å². The lowest BCUT2D eigenvalue weighted by atomic mass is 10.0. The number of terminal acetylenes is 1. The molecule has 2 aromatic heterocycles. The van der Waals surface area contributed by atoms with Crippen molar-refractivity contribution >= 4 is 11.5 Å². The van der Waals surface area contributed by atoms with E-state index in [1.165, 1.54) is 12.1 Å². The molecule has 3 aromatic rings. The van der Waals surface area contributed by atoms with Gasteiger partial charge in [0.25, 0.3) is 0 Å². The number of aromatic nitrogens is 3. The molecule has 4 rings (SSSR count). The van der Waals surface area contributed by atoms with Crippen LogP contribution < -0.4 is 4.90 Å². The van der Waals surface area contributed by atoms with Crippen LogP contribution >= 0.6 is 0 Å². The molecular weight excluding hydrogens is 310 g/mol. The van der Waals surface area contributed by atoms with E-state index in [2.05, 4.69) is 16.0 Å². The van der Waals surface area contributed by atoms with Crippen molar-refractivity contribution in [3.05, 3.63) is 59.4 Å². The predicted octanol–water partition coefficient (Wildman–Crippen LogP) is 3.33. The molecule has 1 fully saturated rings. The molecule has 1 atom stereocenters. The first-order chi connectivity index (χ1) is 11.7. The van der Waals surface area contributed by atoms with Gasteiger partial charge in [-0.05, 0) is 37.1 Å². The van der Waals surface area contributed by atoms with E-state index in [-0.39, 0.29) is 6.04 Å². The summed E-state index contributed by atoms with van der Waals surface area (Å²) in [5, 5.41) is 4.14. The molecule has 0 aliphatic carbocycles. The maximum absolute atomic E-state index is 14.2. The highest BCUT2D eigenvalue weighted by molar-refractivity contribution is 5.59. The molecule has 0 amide bonds. The van der Waals surface area contributed by atoms with E-state index >= 15 is 0 Å². The zero-order valence-electron chi connectivity index (χ0n) is 12.8. The molecule has 1 saturated heterocycles. The number of nitrogens with zero attached hydrogens (tertiary/aromatic N) is 4. The standard InChI is InChI=1S/C18H14F2N4/c1-2-12-11-21-24-9-7-17(22-18(12)24)23-8-3-4-16(23)14-10-13(19)5-6-15(14)20/h1,5-7,9-11,16H,3-4,8H2/t16-/m1/s1. The van der Waals surface area contributed by atoms with Crippen molar-refractivity contribution in [3.63, 3.8) is 0 Å². The third-order valence-electron chi connectivity index (χ3n) is 4.37. The van der Waals surface area contributed by atoms with Crippen LogP contribution in [0.4, 0.5) is 14.6 Å². The molecule has 0 unspecified atom stereocenters. The number of anilines is 1. The van der Waals surface area contributed by atoms with Gasteiger partial charge >= 0.3 is 0 Å². The highest BCUT2D eigenvalue weighted by atomic mass is 19.1. The van der Waals surface area contributed by atoms with E-state index in [0.29, 0.717) is 22.6 Å². The van der Waals surface area contributed by atoms with Gasteiger partial charge < -0.3 is 4.90 Å². The van der Waals surface area contributed by atoms with E-state index in [4.69, 9.17) is 6.42 Å². The molecule has 0 spiro atoms. The fraction of sp³-hybridized carbons (Fsp3) is 0.222. The molecule has 1 aliphatic heterocycles. The Balaban J connectivity index is 1.77. The Bertz CT molecular complexity index is 957. The van der Waals surface area contributed by atoms with Crippen LogP contribution in [0.1, 0.15) is 30.0 Å². The van der Waals surface area contributed by atoms with Crippen LogP contribution in [-0.2, 0) is 0 Å². The largest absolute Gasteiger partial charge is 0.349 e. The summed E-state index contributed by atoms with van der Waals surface area (Å²) in [6, 6.07) is 5.14. The molecule has 0 saturated carbocycles. The monoisotopic (exact) mass is 324 g/mol. The molecule has 24 heavy (non-hydrogen) atoms. The smallest absolute Gasteiger partial charge is 0.172 e. The molecule has 120 valence electrons. The fourth-order valence-corrected chi connectivity index (χ4v) is 3.26. The fourth-order valence-electron chi connectivity index (χ4n) is 3.26. The van der Waals surface area contributed by atoms with E-state index in [1.807, 2.05) is 11.0 Å². The first-order valence-corrected chi connectivity index (χ1v) is 7.70. The third kappa shape index (κ3) is 2.29. The van der Waals surface area contributed by atoms with Crippen molar-refractivity contribution in [2.24, 2.45) is 0 Å². The van der Waals surface area contributed by atoms with Gasteiger partial charge in [-0.1, -0.05) is 5.92 Å². The second-order valence-corrected chi connectivity index (χ2v) is 5.77. The number of hydrogen-bond acceptors (Lipinski definition) is 3. The van der Waals surface area contributed by atoms with Crippen LogP contribution in [0.2, 0.25) is 0 Å². The average Bonchev–Trinajstić information content (AvgIpc) is 3.22. The number of halogens is 2. The average molecular weight is 324 g/mol. The van der Waals surface area contributed by atoms with Crippen molar-refractivity contribution in [2.45, 2.75) is 18.9 Å². The van der Waals surface area contributed by atoms with Crippen LogP contribution in [-0.4, -0.2) is 21.1 Å². The number of rotatable bonds is 2. The quantitative estimate of drug-likeness (QED) is 0.678. The lowest BCUT2D eigenvalue weighted by Crippen LogP contribution is -2.24. The van der Waals surface area contributed by atoms with Crippen molar-refractivity contribution in [3.8, 4) is 12.3 Å². The Kier molecular flexibility index (Phi) is 3.42. The molecule has 0 bridgehead atoms.